The zero-order valence-electron chi connectivity index (χ0n) is 9.45. The van der Waals surface area contributed by atoms with E-state index in [4.69, 9.17) is 4.74 Å². The van der Waals surface area contributed by atoms with Crippen molar-refractivity contribution in [3.8, 4) is 0 Å². The average Bonchev–Trinajstić information content (AvgIpc) is 2.91. The van der Waals surface area contributed by atoms with Gasteiger partial charge in [0.15, 0.2) is 5.96 Å². The first kappa shape index (κ1) is 10.1. The Labute approximate surface area is 94.6 Å². The number of nitrogens with zero attached hydrogens (tertiary/aromatic N) is 1. The number of ether oxygens (including phenoxy) is 1. The fraction of sp³-hybridized carbons (Fsp3) is 0.818. The minimum absolute atomic E-state index is 0.0582. The Kier molecular flexibility index (Phi) is 2.17. The van der Waals surface area contributed by atoms with E-state index in [9.17, 15) is 4.79 Å². The lowest BCUT2D eigenvalue weighted by atomic mass is 9.74. The summed E-state index contributed by atoms with van der Waals surface area (Å²) in [4.78, 5) is 16.2. The fourth-order valence-corrected chi connectivity index (χ4v) is 2.35. The quantitative estimate of drug-likeness (QED) is 0.716. The third kappa shape index (κ3) is 1.59. The molecule has 3 fully saturated rings. The molecular weight excluding hydrogens is 206 g/mol. The summed E-state index contributed by atoms with van der Waals surface area (Å²) in [6.07, 6.45) is 4.04. The molecule has 16 heavy (non-hydrogen) atoms. The highest BCUT2D eigenvalue weighted by Crippen LogP contribution is 2.37. The maximum absolute atomic E-state index is 11.8. The van der Waals surface area contributed by atoms with Crippen LogP contribution in [0.4, 0.5) is 0 Å². The standard InChI is InChI=1S/C11H17N3O2/c1-2-16-8-5-11(6-8)9(15)13-10(14-11)12-7-3-4-7/h7-8H,2-6H2,1H3,(H2,12,13,14,15). The molecule has 3 aliphatic rings. The van der Waals surface area contributed by atoms with Crippen LogP contribution < -0.4 is 10.6 Å². The number of guanidine groups is 1. The van der Waals surface area contributed by atoms with E-state index in [-0.39, 0.29) is 12.0 Å². The van der Waals surface area contributed by atoms with Crippen molar-refractivity contribution in [3.63, 3.8) is 0 Å². The molecule has 2 N–H and O–H groups in total. The van der Waals surface area contributed by atoms with Crippen LogP contribution in [0.3, 0.4) is 0 Å². The molecule has 0 radical (unpaired) electrons. The van der Waals surface area contributed by atoms with Gasteiger partial charge in [0, 0.05) is 19.4 Å². The molecule has 1 heterocycles. The van der Waals surface area contributed by atoms with Gasteiger partial charge in [0.25, 0.3) is 5.91 Å². The predicted molar refractivity (Wildman–Crippen MR) is 59.1 cm³/mol. The van der Waals surface area contributed by atoms with Crippen LogP contribution in [-0.2, 0) is 9.53 Å². The summed E-state index contributed by atoms with van der Waals surface area (Å²) in [6, 6.07) is 0.431. The average molecular weight is 223 g/mol. The van der Waals surface area contributed by atoms with Gasteiger partial charge in [-0.3, -0.25) is 10.1 Å². The van der Waals surface area contributed by atoms with Gasteiger partial charge in [0.2, 0.25) is 0 Å². The molecule has 0 aromatic carbocycles. The molecule has 1 spiro atoms. The van der Waals surface area contributed by atoms with Crippen LogP contribution in [0.2, 0.25) is 0 Å². The summed E-state index contributed by atoms with van der Waals surface area (Å²) in [7, 11) is 0. The van der Waals surface area contributed by atoms with Crippen molar-refractivity contribution in [1.29, 1.82) is 0 Å². The van der Waals surface area contributed by atoms with Crippen molar-refractivity contribution in [3.05, 3.63) is 0 Å². The molecule has 0 atom stereocenters. The van der Waals surface area contributed by atoms with E-state index in [1.54, 1.807) is 0 Å². The Balaban J connectivity index is 1.63. The number of hydrogen-bond donors (Lipinski definition) is 2. The molecule has 0 unspecified atom stereocenters. The summed E-state index contributed by atoms with van der Waals surface area (Å²) >= 11 is 0. The van der Waals surface area contributed by atoms with E-state index in [1.165, 1.54) is 0 Å². The van der Waals surface area contributed by atoms with Crippen LogP contribution in [0.25, 0.3) is 0 Å². The lowest BCUT2D eigenvalue weighted by molar-refractivity contribution is -0.134. The Bertz CT molecular complexity index is 343. The van der Waals surface area contributed by atoms with E-state index >= 15 is 0 Å². The molecule has 2 saturated carbocycles. The highest BCUT2D eigenvalue weighted by atomic mass is 16.5. The molecule has 88 valence electrons. The smallest absolute Gasteiger partial charge is 0.252 e. The van der Waals surface area contributed by atoms with E-state index < -0.39 is 5.54 Å². The summed E-state index contributed by atoms with van der Waals surface area (Å²) in [5, 5.41) is 6.05. The first-order chi connectivity index (χ1) is 7.72. The van der Waals surface area contributed by atoms with Crippen molar-refractivity contribution in [1.82, 2.24) is 10.6 Å². The molecule has 1 aliphatic heterocycles. The van der Waals surface area contributed by atoms with Gasteiger partial charge in [-0.1, -0.05) is 0 Å². The maximum atomic E-state index is 11.8. The van der Waals surface area contributed by atoms with Crippen LogP contribution in [0, 0.1) is 0 Å². The SMILES string of the molecule is CCOC1CC2(C1)NC(=NC1CC1)NC2=O. The summed E-state index contributed by atoms with van der Waals surface area (Å²) in [5.74, 6) is 0.727. The summed E-state index contributed by atoms with van der Waals surface area (Å²) in [6.45, 7) is 2.69. The third-order valence-corrected chi connectivity index (χ3v) is 3.44. The van der Waals surface area contributed by atoms with Crippen LogP contribution in [0.15, 0.2) is 4.99 Å². The van der Waals surface area contributed by atoms with Crippen molar-refractivity contribution in [2.45, 2.75) is 50.3 Å². The predicted octanol–water partition coefficient (Wildman–Crippen LogP) is 0.162. The second-order valence-electron chi connectivity index (χ2n) is 4.86. The van der Waals surface area contributed by atoms with Gasteiger partial charge < -0.3 is 10.1 Å². The number of hydrogen-bond acceptors (Lipinski definition) is 3. The number of carbonyl (C=O) groups is 1. The van der Waals surface area contributed by atoms with E-state index in [0.29, 0.717) is 18.6 Å². The van der Waals surface area contributed by atoms with Gasteiger partial charge in [-0.15, -0.1) is 0 Å². The molecule has 1 saturated heterocycles. The maximum Gasteiger partial charge on any atom is 0.252 e. The van der Waals surface area contributed by atoms with Crippen molar-refractivity contribution >= 4 is 11.9 Å². The third-order valence-electron chi connectivity index (χ3n) is 3.44. The van der Waals surface area contributed by atoms with Crippen molar-refractivity contribution < 1.29 is 9.53 Å². The van der Waals surface area contributed by atoms with Gasteiger partial charge in [-0.2, -0.15) is 0 Å². The zero-order chi connectivity index (χ0) is 11.2. The second-order valence-corrected chi connectivity index (χ2v) is 4.86. The molecule has 0 aromatic rings. The van der Waals surface area contributed by atoms with Crippen LogP contribution in [0.5, 0.6) is 0 Å². The summed E-state index contributed by atoms with van der Waals surface area (Å²) in [5.41, 5.74) is -0.423. The number of carbonyl (C=O) groups excluding carboxylic acids is 1. The van der Waals surface area contributed by atoms with Gasteiger partial charge in [-0.25, -0.2) is 4.99 Å². The van der Waals surface area contributed by atoms with E-state index in [0.717, 1.165) is 25.7 Å². The number of aliphatic imine (C=N–C) groups is 1. The van der Waals surface area contributed by atoms with E-state index in [2.05, 4.69) is 15.6 Å². The zero-order valence-corrected chi connectivity index (χ0v) is 9.45. The highest BCUT2D eigenvalue weighted by Gasteiger charge is 2.55. The largest absolute Gasteiger partial charge is 0.378 e. The lowest BCUT2D eigenvalue weighted by Crippen LogP contribution is -2.59. The normalized spacial score (nSPS) is 39.7. The number of nitrogens with one attached hydrogen (secondary N) is 2. The second kappa shape index (κ2) is 3.45. The Morgan fingerprint density at radius 3 is 2.88 bits per heavy atom. The first-order valence-electron chi connectivity index (χ1n) is 6.01. The van der Waals surface area contributed by atoms with Gasteiger partial charge in [0.1, 0.15) is 5.54 Å². The van der Waals surface area contributed by atoms with Crippen molar-refractivity contribution in [2.75, 3.05) is 6.61 Å². The topological polar surface area (TPSA) is 62.7 Å². The lowest BCUT2D eigenvalue weighted by Gasteiger charge is -2.41. The highest BCUT2D eigenvalue weighted by molar-refractivity contribution is 6.09. The molecule has 5 heteroatoms. The molecule has 0 bridgehead atoms. The first-order valence-corrected chi connectivity index (χ1v) is 6.01. The molecular formula is C11H17N3O2. The van der Waals surface area contributed by atoms with Crippen LogP contribution in [0.1, 0.15) is 32.6 Å². The molecule has 0 aromatic heterocycles. The number of rotatable bonds is 3. The van der Waals surface area contributed by atoms with Gasteiger partial charge in [-0.05, 0) is 19.8 Å². The Morgan fingerprint density at radius 1 is 1.50 bits per heavy atom. The van der Waals surface area contributed by atoms with Gasteiger partial charge in [0.05, 0.1) is 12.1 Å². The molecule has 2 aliphatic carbocycles. The Morgan fingerprint density at radius 2 is 2.25 bits per heavy atom. The fourth-order valence-electron chi connectivity index (χ4n) is 2.35. The monoisotopic (exact) mass is 223 g/mol. The van der Waals surface area contributed by atoms with E-state index in [1.807, 2.05) is 6.92 Å². The minimum Gasteiger partial charge on any atom is -0.378 e. The number of amides is 1. The van der Waals surface area contributed by atoms with Crippen molar-refractivity contribution in [2.24, 2.45) is 4.99 Å². The molecule has 3 rings (SSSR count). The summed E-state index contributed by atoms with van der Waals surface area (Å²) < 4.78 is 5.48. The van der Waals surface area contributed by atoms with Gasteiger partial charge >= 0.3 is 0 Å². The molecule has 1 amide bonds. The molecule has 5 nitrogen and oxygen atoms in total. The minimum atomic E-state index is -0.423. The Hall–Kier alpha value is -1.10. The van der Waals surface area contributed by atoms with Crippen LogP contribution >= 0.6 is 0 Å². The van der Waals surface area contributed by atoms with Crippen LogP contribution in [-0.4, -0.2) is 36.2 Å².